The maximum absolute atomic E-state index is 13.4. The summed E-state index contributed by atoms with van der Waals surface area (Å²) in [7, 11) is 0. The zero-order chi connectivity index (χ0) is 42.3. The summed E-state index contributed by atoms with van der Waals surface area (Å²) in [5.74, 6) is 3.57. The fourth-order valence-electron chi connectivity index (χ4n) is 11.9. The van der Waals surface area contributed by atoms with Crippen molar-refractivity contribution in [3.05, 3.63) is 52.4 Å². The van der Waals surface area contributed by atoms with Crippen molar-refractivity contribution in [3.8, 4) is 0 Å². The average molecular weight is 819 g/mol. The normalized spacial score (nSPS) is 28.6. The molecule has 0 radical (unpaired) electrons. The number of benzene rings is 1. The van der Waals surface area contributed by atoms with Crippen LogP contribution in [-0.4, -0.2) is 74.6 Å². The lowest BCUT2D eigenvalue weighted by atomic mass is 9.47. The van der Waals surface area contributed by atoms with Crippen LogP contribution < -0.4 is 10.9 Å². The van der Waals surface area contributed by atoms with Crippen LogP contribution in [0.1, 0.15) is 119 Å². The largest absolute Gasteiger partial charge is 0.465 e. The summed E-state index contributed by atoms with van der Waals surface area (Å²) in [6.45, 7) is 15.8. The number of esters is 2. The Kier molecular flexibility index (Phi) is 15.0. The number of rotatable bonds is 18. The summed E-state index contributed by atoms with van der Waals surface area (Å²) in [5, 5.41) is 3.18. The van der Waals surface area contributed by atoms with E-state index in [1.54, 1.807) is 43.0 Å². The first-order valence-corrected chi connectivity index (χ1v) is 22.6. The van der Waals surface area contributed by atoms with Crippen LogP contribution >= 0.6 is 0 Å². The summed E-state index contributed by atoms with van der Waals surface area (Å²) >= 11 is 0. The van der Waals surface area contributed by atoms with Gasteiger partial charge in [0.05, 0.1) is 39.0 Å². The van der Waals surface area contributed by atoms with Crippen molar-refractivity contribution in [2.75, 3.05) is 44.8 Å². The van der Waals surface area contributed by atoms with Crippen LogP contribution in [0, 0.1) is 46.3 Å². The molecule has 6 rings (SSSR count). The van der Waals surface area contributed by atoms with Gasteiger partial charge in [0.2, 0.25) is 0 Å². The third-order valence-electron chi connectivity index (χ3n) is 14.7. The molecule has 0 spiro atoms. The number of hydrogen-bond donors (Lipinski definition) is 1. The van der Waals surface area contributed by atoms with Gasteiger partial charge in [-0.3, -0.25) is 19.8 Å². The molecular formula is C48H70N2O9. The zero-order valence-corrected chi connectivity index (χ0v) is 36.7. The Morgan fingerprint density at radius 2 is 1.66 bits per heavy atom. The van der Waals surface area contributed by atoms with Gasteiger partial charge in [-0.15, -0.1) is 0 Å². The van der Waals surface area contributed by atoms with Crippen molar-refractivity contribution in [2.45, 2.75) is 131 Å². The molecule has 4 unspecified atom stereocenters. The molecule has 1 aromatic heterocycles. The van der Waals surface area contributed by atoms with E-state index >= 15 is 0 Å². The number of hydrogen-bond acceptors (Lipinski definition) is 10. The Labute approximate surface area is 351 Å². The molecular weight excluding hydrogens is 749 g/mol. The smallest absolute Gasteiger partial charge is 0.412 e. The second-order valence-corrected chi connectivity index (χ2v) is 18.9. The van der Waals surface area contributed by atoms with Crippen LogP contribution in [0.3, 0.4) is 0 Å². The number of fused-ring (bicyclic) bond motifs is 6. The lowest BCUT2D eigenvalue weighted by molar-refractivity contribution is -0.149. The van der Waals surface area contributed by atoms with E-state index in [9.17, 15) is 19.2 Å². The number of allylic oxidation sites excluding steroid dienone is 1. The quantitative estimate of drug-likeness (QED) is 0.0671. The van der Waals surface area contributed by atoms with Crippen molar-refractivity contribution in [1.82, 2.24) is 4.90 Å². The highest BCUT2D eigenvalue weighted by atomic mass is 16.6. The number of anilines is 1. The van der Waals surface area contributed by atoms with Crippen LogP contribution in [0.15, 0.2) is 51.2 Å². The minimum Gasteiger partial charge on any atom is -0.465 e. The molecule has 11 heteroatoms. The fourth-order valence-corrected chi connectivity index (χ4v) is 11.9. The summed E-state index contributed by atoms with van der Waals surface area (Å²) in [6, 6.07) is 8.56. The standard InChI is InChI=1S/C48H70N2O9/c1-8-55-43(51)28-50(29-44(52)56-9-2)27-36(58-46(54)49-41-25-33-15-10-11-16-42(33)59-45(41)53)30-57-35-21-23-47(6)34(26-35)17-18-37-39-20-19-38(32(5)14-12-13-31(3)4)48(39,7)24-22-40(37)47/h10-11,15-17,25,31-32,35-40H,8-9,12-14,18-24,26-30H2,1-7H3,(H,49,54)/t32-,35+,36?,37?,38-,39?,40?,47+,48-/m1/s1. The van der Waals surface area contributed by atoms with E-state index in [4.69, 9.17) is 23.4 Å². The van der Waals surface area contributed by atoms with Crippen LogP contribution in [-0.2, 0) is 28.5 Å². The van der Waals surface area contributed by atoms with E-state index in [-0.39, 0.29) is 56.7 Å². The van der Waals surface area contributed by atoms with Gasteiger partial charge in [0.1, 0.15) is 17.4 Å². The van der Waals surface area contributed by atoms with E-state index in [0.717, 1.165) is 55.3 Å². The molecule has 326 valence electrons. The Morgan fingerprint density at radius 1 is 0.932 bits per heavy atom. The maximum atomic E-state index is 13.4. The van der Waals surface area contributed by atoms with Crippen molar-refractivity contribution in [1.29, 1.82) is 0 Å². The highest BCUT2D eigenvalue weighted by molar-refractivity contribution is 5.88. The second kappa shape index (κ2) is 19.8. The predicted molar refractivity (Wildman–Crippen MR) is 229 cm³/mol. The minimum atomic E-state index is -0.900. The molecule has 4 aliphatic carbocycles. The highest BCUT2D eigenvalue weighted by Crippen LogP contribution is 2.67. The number of ether oxygens (including phenoxy) is 4. The molecule has 0 saturated heterocycles. The molecule has 3 saturated carbocycles. The van der Waals surface area contributed by atoms with Crippen LogP contribution in [0.25, 0.3) is 11.0 Å². The number of carbonyl (C=O) groups is 3. The molecule has 2 aromatic rings. The van der Waals surface area contributed by atoms with E-state index in [1.165, 1.54) is 56.6 Å². The molecule has 4 aliphatic rings. The number of carbonyl (C=O) groups excluding carboxylic acids is 3. The molecule has 1 aromatic carbocycles. The van der Waals surface area contributed by atoms with E-state index in [2.05, 4.69) is 46.0 Å². The minimum absolute atomic E-state index is 0.00818. The molecule has 3 fully saturated rings. The molecule has 0 bridgehead atoms. The van der Waals surface area contributed by atoms with Gasteiger partial charge in [-0.2, -0.15) is 0 Å². The molecule has 59 heavy (non-hydrogen) atoms. The summed E-state index contributed by atoms with van der Waals surface area (Å²) in [4.78, 5) is 52.9. The number of amides is 1. The number of nitrogens with one attached hydrogen (secondary N) is 1. The Balaban J connectivity index is 1.13. The summed E-state index contributed by atoms with van der Waals surface area (Å²) in [5.41, 5.74) is 1.71. The van der Waals surface area contributed by atoms with Crippen molar-refractivity contribution >= 4 is 34.7 Å². The first-order valence-electron chi connectivity index (χ1n) is 22.6. The van der Waals surface area contributed by atoms with Gasteiger partial charge in [0, 0.05) is 11.9 Å². The van der Waals surface area contributed by atoms with Gasteiger partial charge in [0.15, 0.2) is 0 Å². The van der Waals surface area contributed by atoms with Gasteiger partial charge in [-0.25, -0.2) is 9.59 Å². The highest BCUT2D eigenvalue weighted by Gasteiger charge is 2.59. The Hall–Kier alpha value is -3.70. The third kappa shape index (κ3) is 10.6. The van der Waals surface area contributed by atoms with Gasteiger partial charge in [-0.05, 0) is 124 Å². The maximum Gasteiger partial charge on any atom is 0.412 e. The predicted octanol–water partition coefficient (Wildman–Crippen LogP) is 9.56. The fraction of sp³-hybridized carbons (Fsp3) is 0.708. The molecule has 1 heterocycles. The monoisotopic (exact) mass is 819 g/mol. The van der Waals surface area contributed by atoms with Crippen molar-refractivity contribution < 1.29 is 37.7 Å². The summed E-state index contributed by atoms with van der Waals surface area (Å²) < 4.78 is 28.3. The van der Waals surface area contributed by atoms with Crippen molar-refractivity contribution in [2.24, 2.45) is 46.3 Å². The topological polar surface area (TPSA) is 134 Å². The SMILES string of the molecule is CCOC(=O)CN(CC(=O)OCC)CC(CO[C@H]1CC[C@@]2(C)C(=CCC3C2CC[C@@]2(C)C3CC[C@@H]2[C@H](C)CCCC(C)C)C1)OC(=O)Nc1cc2ccccc2oc1=O. The van der Waals surface area contributed by atoms with Crippen LogP contribution in [0.4, 0.5) is 10.5 Å². The van der Waals surface area contributed by atoms with E-state index < -0.39 is 29.8 Å². The molecule has 0 aliphatic heterocycles. The first kappa shape index (κ1) is 44.8. The van der Waals surface area contributed by atoms with E-state index in [0.29, 0.717) is 22.3 Å². The molecule has 11 nitrogen and oxygen atoms in total. The van der Waals surface area contributed by atoms with E-state index in [1.807, 2.05) is 0 Å². The van der Waals surface area contributed by atoms with Gasteiger partial charge in [0.25, 0.3) is 0 Å². The molecule has 1 amide bonds. The lowest BCUT2D eigenvalue weighted by Crippen LogP contribution is -2.51. The van der Waals surface area contributed by atoms with Crippen LogP contribution in [0.2, 0.25) is 0 Å². The number of para-hydroxylation sites is 1. The van der Waals surface area contributed by atoms with Gasteiger partial charge < -0.3 is 23.4 Å². The van der Waals surface area contributed by atoms with Gasteiger partial charge in [-0.1, -0.05) is 83.7 Å². The Morgan fingerprint density at radius 3 is 2.37 bits per heavy atom. The lowest BCUT2D eigenvalue weighted by Gasteiger charge is -2.58. The third-order valence-corrected chi connectivity index (χ3v) is 14.7. The van der Waals surface area contributed by atoms with Crippen molar-refractivity contribution in [3.63, 3.8) is 0 Å². The first-order chi connectivity index (χ1) is 28.2. The zero-order valence-electron chi connectivity index (χ0n) is 36.7. The number of nitrogens with zero attached hydrogens (tertiary/aromatic N) is 1. The molecule has 9 atom stereocenters. The summed E-state index contributed by atoms with van der Waals surface area (Å²) in [6.07, 6.45) is 14.0. The van der Waals surface area contributed by atoms with Crippen LogP contribution in [0.5, 0.6) is 0 Å². The Bertz CT molecular complexity index is 1840. The van der Waals surface area contributed by atoms with Gasteiger partial charge >= 0.3 is 23.7 Å². The molecule has 1 N–H and O–H groups in total. The second-order valence-electron chi connectivity index (χ2n) is 18.9. The average Bonchev–Trinajstić information content (AvgIpc) is 3.54.